The highest BCUT2D eigenvalue weighted by atomic mass is 16.5. The minimum absolute atomic E-state index is 0.0216. The van der Waals surface area contributed by atoms with Crippen LogP contribution in [-0.2, 0) is 14.2 Å². The summed E-state index contributed by atoms with van der Waals surface area (Å²) in [5, 5.41) is 10.0. The van der Waals surface area contributed by atoms with Crippen LogP contribution in [0.5, 0.6) is 0 Å². The number of rotatable bonds is 9. The minimum atomic E-state index is -0.160. The van der Waals surface area contributed by atoms with Crippen molar-refractivity contribution in [3.05, 3.63) is 23.5 Å². The zero-order valence-electron chi connectivity index (χ0n) is 17.9. The molecule has 1 heterocycles. The fraction of sp³-hybridized carbons (Fsp3) is 0.826. The maximum atomic E-state index is 10.0. The van der Waals surface area contributed by atoms with Crippen LogP contribution in [0.15, 0.2) is 23.5 Å². The summed E-state index contributed by atoms with van der Waals surface area (Å²) in [6.07, 6.45) is 13.3. The van der Waals surface area contributed by atoms with Crippen molar-refractivity contribution < 1.29 is 19.3 Å². The number of aliphatic hydroxyl groups is 1. The summed E-state index contributed by atoms with van der Waals surface area (Å²) in [5.41, 5.74) is 1.36. The molecule has 0 aromatic rings. The summed E-state index contributed by atoms with van der Waals surface area (Å²) in [7, 11) is 3.44. The number of nitrogens with zero attached hydrogens (tertiary/aromatic N) is 1. The van der Waals surface area contributed by atoms with Crippen LogP contribution < -0.4 is 0 Å². The van der Waals surface area contributed by atoms with Crippen molar-refractivity contribution in [2.45, 2.75) is 82.6 Å². The monoisotopic (exact) mass is 393 g/mol. The van der Waals surface area contributed by atoms with Gasteiger partial charge in [0.15, 0.2) is 0 Å². The molecule has 0 aromatic carbocycles. The highest BCUT2D eigenvalue weighted by Gasteiger charge is 2.37. The first-order chi connectivity index (χ1) is 13.6. The lowest BCUT2D eigenvalue weighted by atomic mass is 9.80. The Morgan fingerprint density at radius 2 is 2.04 bits per heavy atom. The van der Waals surface area contributed by atoms with Crippen LogP contribution in [0, 0.1) is 5.92 Å². The molecule has 2 unspecified atom stereocenters. The molecular formula is C23H39NO4. The standard InChI is InChI=1S/C23H39NO4/c1-4-5-17-6-8-21(20(14-17)24-12-10-19(25)16-24)28-13-11-18-7-9-22(26-2)23(15-18)27-3/h7,9,17,19-21,23,25H,4-6,8,10-16H2,1-3H3/t17?,19-,20-,21-,23?/m0/s1. The molecule has 2 fully saturated rings. The fourth-order valence-electron chi connectivity index (χ4n) is 5.16. The maximum Gasteiger partial charge on any atom is 0.125 e. The second-order valence-electron chi connectivity index (χ2n) is 8.66. The Balaban J connectivity index is 1.53. The van der Waals surface area contributed by atoms with E-state index in [0.717, 1.165) is 57.1 Å². The third kappa shape index (κ3) is 5.59. The Morgan fingerprint density at radius 3 is 2.71 bits per heavy atom. The predicted octanol–water partition coefficient (Wildman–Crippen LogP) is 3.67. The molecule has 5 heteroatoms. The second-order valence-corrected chi connectivity index (χ2v) is 8.66. The zero-order valence-corrected chi connectivity index (χ0v) is 17.9. The van der Waals surface area contributed by atoms with Crippen LogP contribution >= 0.6 is 0 Å². The molecule has 1 saturated heterocycles. The van der Waals surface area contributed by atoms with Gasteiger partial charge in [-0.25, -0.2) is 0 Å². The van der Waals surface area contributed by atoms with Crippen molar-refractivity contribution in [3.63, 3.8) is 0 Å². The molecule has 28 heavy (non-hydrogen) atoms. The number of allylic oxidation sites excluding steroid dienone is 2. The molecule has 2 aliphatic carbocycles. The number of aliphatic hydroxyl groups excluding tert-OH is 1. The summed E-state index contributed by atoms with van der Waals surface area (Å²) in [6.45, 7) is 4.87. The van der Waals surface area contributed by atoms with Gasteiger partial charge in [-0.05, 0) is 44.1 Å². The summed E-state index contributed by atoms with van der Waals surface area (Å²) in [5.74, 6) is 1.71. The van der Waals surface area contributed by atoms with Crippen molar-refractivity contribution in [1.29, 1.82) is 0 Å². The lowest BCUT2D eigenvalue weighted by Gasteiger charge is -2.41. The topological polar surface area (TPSA) is 51.2 Å². The first-order valence-corrected chi connectivity index (χ1v) is 11.1. The van der Waals surface area contributed by atoms with Gasteiger partial charge in [-0.15, -0.1) is 0 Å². The molecule has 0 spiro atoms. The highest BCUT2D eigenvalue weighted by molar-refractivity contribution is 5.24. The summed E-state index contributed by atoms with van der Waals surface area (Å²) >= 11 is 0. The number of ether oxygens (including phenoxy) is 3. The number of methoxy groups -OCH3 is 2. The van der Waals surface area contributed by atoms with Crippen LogP contribution in [0.2, 0.25) is 0 Å². The molecule has 1 N–H and O–H groups in total. The fourth-order valence-corrected chi connectivity index (χ4v) is 5.16. The lowest BCUT2D eigenvalue weighted by Crippen LogP contribution is -2.48. The molecule has 5 nitrogen and oxygen atoms in total. The van der Waals surface area contributed by atoms with Gasteiger partial charge < -0.3 is 19.3 Å². The van der Waals surface area contributed by atoms with Crippen molar-refractivity contribution in [1.82, 2.24) is 4.90 Å². The third-order valence-corrected chi connectivity index (χ3v) is 6.75. The Kier molecular flexibility index (Phi) is 8.39. The van der Waals surface area contributed by atoms with Crippen LogP contribution in [0.25, 0.3) is 0 Å². The third-order valence-electron chi connectivity index (χ3n) is 6.75. The molecule has 160 valence electrons. The van der Waals surface area contributed by atoms with E-state index in [9.17, 15) is 5.11 Å². The van der Waals surface area contributed by atoms with E-state index in [1.807, 2.05) is 6.08 Å². The average molecular weight is 394 g/mol. The van der Waals surface area contributed by atoms with Gasteiger partial charge in [0.2, 0.25) is 0 Å². The Bertz CT molecular complexity index is 547. The van der Waals surface area contributed by atoms with Gasteiger partial charge in [-0.1, -0.05) is 31.4 Å². The van der Waals surface area contributed by atoms with Crippen molar-refractivity contribution >= 4 is 0 Å². The number of hydrogen-bond donors (Lipinski definition) is 1. The second kappa shape index (κ2) is 10.8. The minimum Gasteiger partial charge on any atom is -0.498 e. The van der Waals surface area contributed by atoms with Crippen LogP contribution in [-0.4, -0.2) is 68.3 Å². The summed E-state index contributed by atoms with van der Waals surface area (Å²) in [4.78, 5) is 2.49. The molecule has 0 radical (unpaired) electrons. The molecule has 0 amide bonds. The molecule has 3 aliphatic rings. The van der Waals surface area contributed by atoms with E-state index in [2.05, 4.69) is 17.9 Å². The van der Waals surface area contributed by atoms with Gasteiger partial charge in [-0.3, -0.25) is 4.90 Å². The number of likely N-dealkylation sites (tertiary alicyclic amines) is 1. The Hall–Kier alpha value is -0.880. The predicted molar refractivity (Wildman–Crippen MR) is 111 cm³/mol. The van der Waals surface area contributed by atoms with Crippen molar-refractivity contribution in [3.8, 4) is 0 Å². The first kappa shape index (κ1) is 21.8. The van der Waals surface area contributed by atoms with Crippen LogP contribution in [0.1, 0.15) is 58.3 Å². The van der Waals surface area contributed by atoms with E-state index in [4.69, 9.17) is 14.2 Å². The smallest absolute Gasteiger partial charge is 0.125 e. The molecule has 3 rings (SSSR count). The van der Waals surface area contributed by atoms with Crippen LogP contribution in [0.4, 0.5) is 0 Å². The maximum absolute atomic E-state index is 10.0. The SMILES string of the molecule is CCCC1CC[C@H](OCCC2=CC=C(OC)C(OC)C2)[C@@H](N2CC[C@H](O)C2)C1. The quantitative estimate of drug-likeness (QED) is 0.648. The molecule has 5 atom stereocenters. The van der Waals surface area contributed by atoms with Gasteiger partial charge in [0.25, 0.3) is 0 Å². The molecular weight excluding hydrogens is 354 g/mol. The molecule has 0 bridgehead atoms. The lowest BCUT2D eigenvalue weighted by molar-refractivity contribution is -0.0443. The highest BCUT2D eigenvalue weighted by Crippen LogP contribution is 2.34. The van der Waals surface area contributed by atoms with Crippen molar-refractivity contribution in [2.75, 3.05) is 33.9 Å². The molecule has 0 aromatic heterocycles. The summed E-state index contributed by atoms with van der Waals surface area (Å²) in [6, 6.07) is 0.467. The molecule has 1 aliphatic heterocycles. The van der Waals surface area contributed by atoms with E-state index in [-0.39, 0.29) is 12.2 Å². The zero-order chi connectivity index (χ0) is 19.9. The van der Waals surface area contributed by atoms with E-state index < -0.39 is 0 Å². The normalized spacial score (nSPS) is 34.2. The van der Waals surface area contributed by atoms with Gasteiger partial charge in [0.05, 0.1) is 25.9 Å². The summed E-state index contributed by atoms with van der Waals surface area (Å²) < 4.78 is 17.4. The van der Waals surface area contributed by atoms with Gasteiger partial charge in [-0.2, -0.15) is 0 Å². The van der Waals surface area contributed by atoms with E-state index in [0.29, 0.717) is 12.1 Å². The van der Waals surface area contributed by atoms with Crippen LogP contribution in [0.3, 0.4) is 0 Å². The van der Waals surface area contributed by atoms with Crippen molar-refractivity contribution in [2.24, 2.45) is 5.92 Å². The van der Waals surface area contributed by atoms with Gasteiger partial charge >= 0.3 is 0 Å². The molecule has 1 saturated carbocycles. The van der Waals surface area contributed by atoms with Gasteiger partial charge in [0, 0.05) is 32.7 Å². The average Bonchev–Trinajstić information content (AvgIpc) is 3.15. The van der Waals surface area contributed by atoms with E-state index in [1.54, 1.807) is 14.2 Å². The first-order valence-electron chi connectivity index (χ1n) is 11.1. The Labute approximate surface area is 170 Å². The number of hydrogen-bond acceptors (Lipinski definition) is 5. The van der Waals surface area contributed by atoms with E-state index >= 15 is 0 Å². The number of β-amino-alcohol motifs (C(OH)–C–C–N with tert-alkyl or cyclic N) is 1. The Morgan fingerprint density at radius 1 is 1.18 bits per heavy atom. The van der Waals surface area contributed by atoms with Gasteiger partial charge in [0.1, 0.15) is 11.9 Å². The van der Waals surface area contributed by atoms with E-state index in [1.165, 1.54) is 31.3 Å². The largest absolute Gasteiger partial charge is 0.498 e.